The average molecular weight is 690 g/mol. The Hall–Kier alpha value is -2.87. The predicted octanol–water partition coefficient (Wildman–Crippen LogP) is 4.99. The van der Waals surface area contributed by atoms with Crippen molar-refractivity contribution >= 4 is 37.3 Å². The Morgan fingerprint density at radius 2 is 1.30 bits per heavy atom. The summed E-state index contributed by atoms with van der Waals surface area (Å²) in [6.07, 6.45) is 8.02. The van der Waals surface area contributed by atoms with Crippen LogP contribution in [-0.2, 0) is 31.1 Å². The molecule has 4 rings (SSSR count). The maximum Gasteiger partial charge on any atom is 0.294 e. The SMILES string of the molecule is CC1(C)C(/C=C/C=C2/N(CCC[N+](C)(C)C)c3ccc(S(=O)(=O)O)cc3C2(C)C)=[N+](CCC[N+](C)(C)C)c2ccc(S(=O)(=O)O)cc21. The number of fused-ring (bicyclic) bond motifs is 2. The third-order valence-corrected chi connectivity index (χ3v) is 11.0. The van der Waals surface area contributed by atoms with Crippen molar-refractivity contribution in [2.24, 2.45) is 0 Å². The summed E-state index contributed by atoms with van der Waals surface area (Å²) in [5.74, 6) is 0. The van der Waals surface area contributed by atoms with Crippen LogP contribution in [0.1, 0.15) is 51.7 Å². The van der Waals surface area contributed by atoms with Crippen LogP contribution in [-0.4, -0.2) is 114 Å². The summed E-state index contributed by atoms with van der Waals surface area (Å²) < 4.78 is 71.7. The smallest absolute Gasteiger partial charge is 0.294 e. The molecule has 0 fully saturated rings. The van der Waals surface area contributed by atoms with Gasteiger partial charge in [-0.05, 0) is 55.8 Å². The van der Waals surface area contributed by atoms with Crippen LogP contribution < -0.4 is 4.90 Å². The zero-order valence-corrected chi connectivity index (χ0v) is 31.2. The molecule has 0 amide bonds. The van der Waals surface area contributed by atoms with Crippen molar-refractivity contribution < 1.29 is 39.5 Å². The van der Waals surface area contributed by atoms with Gasteiger partial charge in [0.15, 0.2) is 12.3 Å². The molecule has 0 saturated carbocycles. The number of hydrogen-bond donors (Lipinski definition) is 2. The van der Waals surface area contributed by atoms with E-state index in [4.69, 9.17) is 0 Å². The maximum atomic E-state index is 12.1. The van der Waals surface area contributed by atoms with Gasteiger partial charge in [-0.1, -0.05) is 19.9 Å². The minimum atomic E-state index is -4.37. The molecule has 47 heavy (non-hydrogen) atoms. The van der Waals surface area contributed by atoms with Crippen molar-refractivity contribution in [3.63, 3.8) is 0 Å². The molecule has 0 aromatic heterocycles. The molecule has 0 unspecified atom stereocenters. The lowest BCUT2D eigenvalue weighted by atomic mass is 9.81. The zero-order chi connectivity index (χ0) is 35.4. The van der Waals surface area contributed by atoms with Gasteiger partial charge in [-0.2, -0.15) is 21.4 Å². The minimum Gasteiger partial charge on any atom is -0.344 e. The molecule has 2 aromatic carbocycles. The van der Waals surface area contributed by atoms with Gasteiger partial charge < -0.3 is 13.9 Å². The van der Waals surface area contributed by atoms with Crippen LogP contribution in [0, 0.1) is 0 Å². The van der Waals surface area contributed by atoms with Gasteiger partial charge in [-0.3, -0.25) is 9.11 Å². The van der Waals surface area contributed by atoms with E-state index in [1.54, 1.807) is 24.3 Å². The van der Waals surface area contributed by atoms with Crippen LogP contribution in [0.3, 0.4) is 0 Å². The van der Waals surface area contributed by atoms with Crippen molar-refractivity contribution in [2.45, 2.75) is 61.2 Å². The van der Waals surface area contributed by atoms with Gasteiger partial charge in [-0.15, -0.1) is 0 Å². The molecule has 10 nitrogen and oxygen atoms in total. The fourth-order valence-corrected chi connectivity index (χ4v) is 7.76. The fraction of sp³-hybridized carbons (Fsp3) is 0.514. The first kappa shape index (κ1) is 37.0. The van der Waals surface area contributed by atoms with Crippen molar-refractivity contribution in [1.29, 1.82) is 0 Å². The Morgan fingerprint density at radius 1 is 0.766 bits per heavy atom. The highest BCUT2D eigenvalue weighted by atomic mass is 32.2. The highest BCUT2D eigenvalue weighted by Crippen LogP contribution is 2.49. The van der Waals surface area contributed by atoms with Crippen LogP contribution in [0.2, 0.25) is 0 Å². The monoisotopic (exact) mass is 689 g/mol. The van der Waals surface area contributed by atoms with E-state index >= 15 is 0 Å². The van der Waals surface area contributed by atoms with Crippen molar-refractivity contribution in [3.05, 3.63) is 71.5 Å². The predicted molar refractivity (Wildman–Crippen MR) is 188 cm³/mol. The van der Waals surface area contributed by atoms with Crippen LogP contribution in [0.4, 0.5) is 11.4 Å². The van der Waals surface area contributed by atoms with Gasteiger partial charge in [0, 0.05) is 47.5 Å². The summed E-state index contributed by atoms with van der Waals surface area (Å²) in [4.78, 5) is 2.00. The Bertz CT molecular complexity index is 1860. The van der Waals surface area contributed by atoms with Crippen LogP contribution in [0.15, 0.2) is 70.1 Å². The first-order valence-electron chi connectivity index (χ1n) is 16.0. The molecule has 0 bridgehead atoms. The van der Waals surface area contributed by atoms with E-state index in [-0.39, 0.29) is 9.79 Å². The van der Waals surface area contributed by atoms with Gasteiger partial charge >= 0.3 is 0 Å². The van der Waals surface area contributed by atoms with E-state index in [1.807, 2.05) is 6.08 Å². The number of nitrogens with zero attached hydrogens (tertiary/aromatic N) is 4. The van der Waals surface area contributed by atoms with E-state index in [0.717, 1.165) is 81.9 Å². The average Bonchev–Trinajstić information content (AvgIpc) is 3.25. The van der Waals surface area contributed by atoms with Gasteiger partial charge in [0.1, 0.15) is 0 Å². The standard InChI is InChI=1S/C35H51N4O6S2/c1-34(2)28-24-26(46(40,41)42)16-18-30(28)36(20-12-22-38(5,6)7)32(34)14-11-15-33-35(3,4)29-25-27(47(43,44)45)17-19-31(29)37(33)21-13-23-39(8,9)10/h11,14-19,24-25H,12-13,20-23H2,1-10H3/q+1/p+2. The molecule has 2 aliphatic heterocycles. The number of rotatable bonds is 12. The van der Waals surface area contributed by atoms with Crippen LogP contribution >= 0.6 is 0 Å². The number of benzene rings is 2. The summed E-state index contributed by atoms with van der Waals surface area (Å²) >= 11 is 0. The normalized spacial score (nSPS) is 18.8. The van der Waals surface area contributed by atoms with E-state index in [1.165, 1.54) is 12.1 Å². The lowest BCUT2D eigenvalue weighted by Crippen LogP contribution is -2.37. The summed E-state index contributed by atoms with van der Waals surface area (Å²) in [5.41, 5.74) is 4.42. The maximum absolute atomic E-state index is 12.1. The summed E-state index contributed by atoms with van der Waals surface area (Å²) in [5, 5.41) is 0. The molecule has 0 radical (unpaired) electrons. The minimum absolute atomic E-state index is 0.123. The number of allylic oxidation sites excluding steroid dienone is 4. The van der Waals surface area contributed by atoms with Gasteiger partial charge in [-0.25, -0.2) is 0 Å². The van der Waals surface area contributed by atoms with Gasteiger partial charge in [0.2, 0.25) is 5.69 Å². The summed E-state index contributed by atoms with van der Waals surface area (Å²) in [7, 11) is 4.20. The molecule has 2 aromatic rings. The highest BCUT2D eigenvalue weighted by molar-refractivity contribution is 7.86. The third kappa shape index (κ3) is 8.06. The molecular weight excluding hydrogens is 637 g/mol. The molecule has 0 aliphatic carbocycles. The Morgan fingerprint density at radius 3 is 1.85 bits per heavy atom. The lowest BCUT2D eigenvalue weighted by molar-refractivity contribution is -0.871. The van der Waals surface area contributed by atoms with Crippen molar-refractivity contribution in [3.8, 4) is 0 Å². The summed E-state index contributed by atoms with van der Waals surface area (Å²) in [6, 6.07) is 9.64. The van der Waals surface area contributed by atoms with E-state index in [9.17, 15) is 25.9 Å². The van der Waals surface area contributed by atoms with Gasteiger partial charge in [0.25, 0.3) is 20.2 Å². The van der Waals surface area contributed by atoms with E-state index < -0.39 is 31.1 Å². The second-order valence-corrected chi connectivity index (χ2v) is 18.7. The second-order valence-electron chi connectivity index (χ2n) is 15.9. The molecule has 0 spiro atoms. The van der Waals surface area contributed by atoms with E-state index in [0.29, 0.717) is 0 Å². The molecular formula is C35H53N4O6S2+3. The first-order chi connectivity index (χ1) is 21.3. The number of anilines is 1. The largest absolute Gasteiger partial charge is 0.344 e. The second kappa shape index (κ2) is 12.5. The molecule has 2 N–H and O–H groups in total. The lowest BCUT2D eigenvalue weighted by Gasteiger charge is -2.29. The Labute approximate surface area is 282 Å². The number of hydrogen-bond acceptors (Lipinski definition) is 5. The van der Waals surface area contributed by atoms with Crippen LogP contribution in [0.5, 0.6) is 0 Å². The topological polar surface area (TPSA) is 115 Å². The highest BCUT2D eigenvalue weighted by Gasteiger charge is 2.45. The Balaban J connectivity index is 1.81. The van der Waals surface area contributed by atoms with Gasteiger partial charge in [0.05, 0.1) is 77.0 Å². The van der Waals surface area contributed by atoms with Crippen molar-refractivity contribution in [1.82, 2.24) is 0 Å². The zero-order valence-electron chi connectivity index (χ0n) is 29.6. The molecule has 2 aliphatic rings. The molecule has 258 valence electrons. The molecule has 0 saturated heterocycles. The molecule has 0 atom stereocenters. The Kier molecular flexibility index (Phi) is 9.86. The quantitative estimate of drug-likeness (QED) is 0.184. The molecule has 12 heteroatoms. The third-order valence-electron chi connectivity index (χ3n) is 9.25. The summed E-state index contributed by atoms with van der Waals surface area (Å²) in [6.45, 7) is 11.6. The fourth-order valence-electron chi connectivity index (χ4n) is 6.75. The first-order valence-corrected chi connectivity index (χ1v) is 18.9. The molecule has 2 heterocycles. The number of quaternary nitrogens is 2. The van der Waals surface area contributed by atoms with Crippen LogP contribution in [0.25, 0.3) is 0 Å². The van der Waals surface area contributed by atoms with Crippen molar-refractivity contribution in [2.75, 3.05) is 73.4 Å². The van der Waals surface area contributed by atoms with E-state index in [2.05, 4.69) is 91.6 Å².